The molecular weight excluding hydrogens is 374 g/mol. The molecule has 4 saturated heterocycles. The van der Waals surface area contributed by atoms with Crippen LogP contribution in [0.3, 0.4) is 0 Å². The van der Waals surface area contributed by atoms with Crippen molar-refractivity contribution in [3.8, 4) is 0 Å². The number of carbonyl (C=O) groups excluding carboxylic acids is 1. The maximum atomic E-state index is 12.7. The molecule has 0 aromatic rings. The normalized spacial score (nSPS) is 44.1. The van der Waals surface area contributed by atoms with Crippen LogP contribution in [0.5, 0.6) is 0 Å². The number of methoxy groups -OCH3 is 1. The molecule has 4 heterocycles. The summed E-state index contributed by atoms with van der Waals surface area (Å²) >= 11 is 0. The second kappa shape index (κ2) is 6.67. The van der Waals surface area contributed by atoms with E-state index in [1.807, 2.05) is 0 Å². The van der Waals surface area contributed by atoms with Crippen molar-refractivity contribution in [3.63, 3.8) is 0 Å². The van der Waals surface area contributed by atoms with Gasteiger partial charge >= 0.3 is 6.09 Å². The molecule has 0 radical (unpaired) electrons. The third-order valence-corrected chi connectivity index (χ3v) is 7.62. The Bertz CT molecular complexity index is 702. The fourth-order valence-corrected chi connectivity index (χ4v) is 5.74. The smallest absolute Gasteiger partial charge is 0.410 e. The van der Waals surface area contributed by atoms with Gasteiger partial charge in [-0.3, -0.25) is 0 Å². The summed E-state index contributed by atoms with van der Waals surface area (Å²) in [7, 11) is 1.71. The van der Waals surface area contributed by atoms with Crippen LogP contribution in [0.25, 0.3) is 0 Å². The summed E-state index contributed by atoms with van der Waals surface area (Å²) in [6.07, 6.45) is 4.19. The Balaban J connectivity index is 1.27. The van der Waals surface area contributed by atoms with Crippen molar-refractivity contribution in [2.75, 3.05) is 40.0 Å². The van der Waals surface area contributed by atoms with E-state index < -0.39 is 0 Å². The number of allylic oxidation sites excluding steroid dienone is 1. The monoisotopic (exact) mass is 407 g/mol. The van der Waals surface area contributed by atoms with E-state index in [2.05, 4.69) is 26.8 Å². The van der Waals surface area contributed by atoms with Crippen molar-refractivity contribution in [2.24, 2.45) is 11.3 Å². The van der Waals surface area contributed by atoms with Crippen LogP contribution in [0.1, 0.15) is 40.0 Å². The SMILES string of the molecule is CO[C@H]1C([C@@]2(C)O[C@@H]2CC=C(C)C)[C@]2(CC[C@H]1OC(=O)N1CC3(COC3)C1)CO2. The van der Waals surface area contributed by atoms with Crippen molar-refractivity contribution < 1.29 is 28.5 Å². The Labute approximate surface area is 172 Å². The van der Waals surface area contributed by atoms with Crippen LogP contribution in [0, 0.1) is 11.3 Å². The summed E-state index contributed by atoms with van der Waals surface area (Å²) in [6.45, 7) is 10.1. The summed E-state index contributed by atoms with van der Waals surface area (Å²) in [5.41, 5.74) is 0.984. The van der Waals surface area contributed by atoms with Gasteiger partial charge in [-0.25, -0.2) is 4.79 Å². The lowest BCUT2D eigenvalue weighted by Crippen LogP contribution is -2.67. The molecule has 0 aromatic heterocycles. The molecule has 6 atom stereocenters. The quantitative estimate of drug-likeness (QED) is 0.515. The standard InChI is InChI=1S/C22H33NO6/c1-14(2)5-6-16-20(3,29-16)18-17(25-4)15(7-8-22(18)13-27-22)28-19(24)23-9-21(10-23)11-26-12-21/h5,15-18H,6-13H2,1-4H3/t15-,16-,17-,18?,20+,22+/m1/s1. The molecule has 1 aliphatic carbocycles. The predicted octanol–water partition coefficient (Wildman–Crippen LogP) is 2.53. The van der Waals surface area contributed by atoms with Crippen molar-refractivity contribution in [1.82, 2.24) is 4.90 Å². The first-order valence-corrected chi connectivity index (χ1v) is 10.8. The maximum Gasteiger partial charge on any atom is 0.410 e. The number of hydrogen-bond acceptors (Lipinski definition) is 6. The van der Waals surface area contributed by atoms with Gasteiger partial charge in [0.25, 0.3) is 0 Å². The van der Waals surface area contributed by atoms with E-state index in [9.17, 15) is 4.79 Å². The van der Waals surface area contributed by atoms with Gasteiger partial charge < -0.3 is 28.6 Å². The fraction of sp³-hybridized carbons (Fsp3) is 0.864. The van der Waals surface area contributed by atoms with Gasteiger partial charge in [-0.15, -0.1) is 0 Å². The zero-order valence-electron chi connectivity index (χ0n) is 17.9. The molecule has 1 saturated carbocycles. The average molecular weight is 408 g/mol. The first kappa shape index (κ1) is 19.8. The highest BCUT2D eigenvalue weighted by Gasteiger charge is 2.72. The molecule has 0 N–H and O–H groups in total. The summed E-state index contributed by atoms with van der Waals surface area (Å²) in [6, 6.07) is 0. The van der Waals surface area contributed by atoms with Crippen LogP contribution in [0.2, 0.25) is 0 Å². The van der Waals surface area contributed by atoms with Crippen LogP contribution >= 0.6 is 0 Å². The van der Waals surface area contributed by atoms with E-state index in [4.69, 9.17) is 23.7 Å². The Morgan fingerprint density at radius 1 is 1.24 bits per heavy atom. The lowest BCUT2D eigenvalue weighted by Gasteiger charge is -2.54. The average Bonchev–Trinajstić information content (AvgIpc) is 3.50. The molecule has 1 amide bonds. The summed E-state index contributed by atoms with van der Waals surface area (Å²) < 4.78 is 29.4. The van der Waals surface area contributed by atoms with E-state index in [1.54, 1.807) is 12.0 Å². The molecule has 5 fully saturated rings. The first-order chi connectivity index (χ1) is 13.8. The van der Waals surface area contributed by atoms with Crippen LogP contribution in [0.15, 0.2) is 11.6 Å². The molecule has 4 aliphatic heterocycles. The molecular formula is C22H33NO6. The Kier molecular flexibility index (Phi) is 4.55. The van der Waals surface area contributed by atoms with E-state index in [1.165, 1.54) is 5.57 Å². The Morgan fingerprint density at radius 3 is 2.52 bits per heavy atom. The lowest BCUT2D eigenvalue weighted by molar-refractivity contribution is -0.186. The number of amides is 1. The molecule has 0 bridgehead atoms. The molecule has 0 aromatic carbocycles. The minimum atomic E-state index is -0.307. The third kappa shape index (κ3) is 3.21. The van der Waals surface area contributed by atoms with Gasteiger partial charge in [0.15, 0.2) is 0 Å². The zero-order valence-corrected chi connectivity index (χ0v) is 17.9. The molecule has 162 valence electrons. The summed E-state index contributed by atoms with van der Waals surface area (Å²) in [4.78, 5) is 14.5. The van der Waals surface area contributed by atoms with E-state index in [-0.39, 0.29) is 46.9 Å². The number of epoxide rings is 2. The molecule has 5 aliphatic rings. The van der Waals surface area contributed by atoms with Gasteiger partial charge in [-0.1, -0.05) is 11.6 Å². The number of likely N-dealkylation sites (tertiary alicyclic amines) is 1. The molecule has 2 spiro atoms. The highest BCUT2D eigenvalue weighted by atomic mass is 16.6. The molecule has 5 rings (SSSR count). The molecule has 7 nitrogen and oxygen atoms in total. The lowest BCUT2D eigenvalue weighted by atomic mass is 9.68. The minimum Gasteiger partial charge on any atom is -0.443 e. The zero-order chi connectivity index (χ0) is 20.4. The number of ether oxygens (including phenoxy) is 5. The fourth-order valence-electron chi connectivity index (χ4n) is 5.74. The van der Waals surface area contributed by atoms with Gasteiger partial charge in [0.2, 0.25) is 0 Å². The Morgan fingerprint density at radius 2 is 1.97 bits per heavy atom. The first-order valence-electron chi connectivity index (χ1n) is 10.8. The van der Waals surface area contributed by atoms with Gasteiger partial charge in [0.05, 0.1) is 37.3 Å². The second-order valence-corrected chi connectivity index (χ2v) is 10.1. The topological polar surface area (TPSA) is 73.1 Å². The van der Waals surface area contributed by atoms with Crippen molar-refractivity contribution in [3.05, 3.63) is 11.6 Å². The number of carbonyl (C=O) groups is 1. The Hall–Kier alpha value is -1.15. The molecule has 29 heavy (non-hydrogen) atoms. The number of rotatable bonds is 5. The summed E-state index contributed by atoms with van der Waals surface area (Å²) in [5.74, 6) is 0.0601. The predicted molar refractivity (Wildman–Crippen MR) is 105 cm³/mol. The van der Waals surface area contributed by atoms with Crippen molar-refractivity contribution in [2.45, 2.75) is 69.5 Å². The highest BCUT2D eigenvalue weighted by molar-refractivity contribution is 5.69. The van der Waals surface area contributed by atoms with Crippen molar-refractivity contribution >= 4 is 6.09 Å². The molecule has 7 heteroatoms. The van der Waals surface area contributed by atoms with E-state index in [0.29, 0.717) is 0 Å². The van der Waals surface area contributed by atoms with Crippen LogP contribution in [0.4, 0.5) is 4.79 Å². The minimum absolute atomic E-state index is 0.0601. The largest absolute Gasteiger partial charge is 0.443 e. The van der Waals surface area contributed by atoms with Crippen LogP contribution < -0.4 is 0 Å². The highest BCUT2D eigenvalue weighted by Crippen LogP contribution is 2.59. The number of hydrogen-bond donors (Lipinski definition) is 0. The summed E-state index contributed by atoms with van der Waals surface area (Å²) in [5, 5.41) is 0. The van der Waals surface area contributed by atoms with Gasteiger partial charge in [0.1, 0.15) is 23.4 Å². The number of nitrogens with zero attached hydrogens (tertiary/aromatic N) is 1. The van der Waals surface area contributed by atoms with Gasteiger partial charge in [-0.05, 0) is 40.0 Å². The van der Waals surface area contributed by atoms with Gasteiger partial charge in [0, 0.05) is 20.2 Å². The van der Waals surface area contributed by atoms with Gasteiger partial charge in [-0.2, -0.15) is 0 Å². The van der Waals surface area contributed by atoms with E-state index in [0.717, 1.165) is 52.2 Å². The second-order valence-electron chi connectivity index (χ2n) is 10.1. The van der Waals surface area contributed by atoms with Crippen LogP contribution in [-0.2, 0) is 23.7 Å². The maximum absolute atomic E-state index is 12.7. The van der Waals surface area contributed by atoms with Crippen molar-refractivity contribution in [1.29, 1.82) is 0 Å². The molecule has 1 unspecified atom stereocenters. The third-order valence-electron chi connectivity index (χ3n) is 7.62. The van der Waals surface area contributed by atoms with Crippen LogP contribution in [-0.4, -0.2) is 80.5 Å². The van der Waals surface area contributed by atoms with E-state index >= 15 is 0 Å².